The van der Waals surface area contributed by atoms with Crippen LogP contribution in [0.15, 0.2) is 38.0 Å². The van der Waals surface area contributed by atoms with Gasteiger partial charge in [-0.2, -0.15) is 0 Å². The first-order chi connectivity index (χ1) is 9.38. The molecule has 0 bridgehead atoms. The SMILES string of the molecule is C=CC(=O)O.C=CC(=O)O.C=CC1CCCCNC1=O. The van der Waals surface area contributed by atoms with Gasteiger partial charge in [0.15, 0.2) is 0 Å². The zero-order valence-corrected chi connectivity index (χ0v) is 11.4. The third kappa shape index (κ3) is 13.7. The van der Waals surface area contributed by atoms with Crippen molar-refractivity contribution < 1.29 is 24.6 Å². The van der Waals surface area contributed by atoms with Crippen LogP contribution in [0.25, 0.3) is 0 Å². The van der Waals surface area contributed by atoms with E-state index in [-0.39, 0.29) is 11.8 Å². The van der Waals surface area contributed by atoms with E-state index in [0.717, 1.165) is 38.0 Å². The number of nitrogens with one attached hydrogen (secondary N) is 1. The Morgan fingerprint density at radius 1 is 1.10 bits per heavy atom. The molecule has 1 saturated heterocycles. The Morgan fingerprint density at radius 2 is 1.55 bits per heavy atom. The van der Waals surface area contributed by atoms with Crippen molar-refractivity contribution in [1.29, 1.82) is 0 Å². The molecule has 0 saturated carbocycles. The van der Waals surface area contributed by atoms with Crippen molar-refractivity contribution >= 4 is 17.8 Å². The van der Waals surface area contributed by atoms with Gasteiger partial charge in [0.05, 0.1) is 5.92 Å². The van der Waals surface area contributed by atoms with Crippen LogP contribution in [0.1, 0.15) is 19.3 Å². The fraction of sp³-hybridized carbons (Fsp3) is 0.357. The van der Waals surface area contributed by atoms with Gasteiger partial charge >= 0.3 is 11.9 Å². The highest BCUT2D eigenvalue weighted by Crippen LogP contribution is 2.12. The molecule has 1 unspecified atom stereocenters. The van der Waals surface area contributed by atoms with Crippen molar-refractivity contribution in [2.45, 2.75) is 19.3 Å². The number of carboxylic acids is 2. The monoisotopic (exact) mass is 283 g/mol. The summed E-state index contributed by atoms with van der Waals surface area (Å²) in [6.07, 6.45) is 6.61. The molecule has 1 aliphatic rings. The number of carbonyl (C=O) groups is 3. The van der Waals surface area contributed by atoms with E-state index in [1.807, 2.05) is 0 Å². The molecule has 112 valence electrons. The van der Waals surface area contributed by atoms with Gasteiger partial charge in [-0.3, -0.25) is 4.79 Å². The van der Waals surface area contributed by atoms with Crippen LogP contribution < -0.4 is 5.32 Å². The van der Waals surface area contributed by atoms with Crippen molar-refractivity contribution in [2.24, 2.45) is 5.92 Å². The van der Waals surface area contributed by atoms with Crippen LogP contribution in [-0.4, -0.2) is 34.6 Å². The molecule has 1 aliphatic heterocycles. The Kier molecular flexibility index (Phi) is 13.0. The molecule has 0 aliphatic carbocycles. The molecule has 20 heavy (non-hydrogen) atoms. The molecular weight excluding hydrogens is 262 g/mol. The number of hydrogen-bond acceptors (Lipinski definition) is 3. The van der Waals surface area contributed by atoms with Crippen LogP contribution in [0.5, 0.6) is 0 Å². The lowest BCUT2D eigenvalue weighted by Gasteiger charge is -2.05. The second-order valence-electron chi connectivity index (χ2n) is 3.71. The minimum absolute atomic E-state index is 0.0579. The first-order valence-corrected chi connectivity index (χ1v) is 6.00. The maximum absolute atomic E-state index is 11.1. The first kappa shape index (κ1) is 20.0. The smallest absolute Gasteiger partial charge is 0.327 e. The summed E-state index contributed by atoms with van der Waals surface area (Å²) in [5.41, 5.74) is 0. The van der Waals surface area contributed by atoms with Crippen molar-refractivity contribution in [3.8, 4) is 0 Å². The predicted octanol–water partition coefficient (Wildman–Crippen LogP) is 1.60. The Labute approximate surface area is 118 Å². The lowest BCUT2D eigenvalue weighted by Crippen LogP contribution is -2.27. The molecule has 0 aromatic carbocycles. The van der Waals surface area contributed by atoms with Crippen LogP contribution in [0.2, 0.25) is 0 Å². The van der Waals surface area contributed by atoms with Gasteiger partial charge in [-0.05, 0) is 12.8 Å². The Hall–Kier alpha value is -2.37. The zero-order valence-electron chi connectivity index (χ0n) is 11.4. The van der Waals surface area contributed by atoms with E-state index in [9.17, 15) is 14.4 Å². The lowest BCUT2D eigenvalue weighted by molar-refractivity contribution is -0.132. The van der Waals surface area contributed by atoms with Crippen LogP contribution in [0.3, 0.4) is 0 Å². The van der Waals surface area contributed by atoms with Crippen molar-refractivity contribution in [3.05, 3.63) is 38.0 Å². The largest absolute Gasteiger partial charge is 0.478 e. The molecule has 1 amide bonds. The van der Waals surface area contributed by atoms with Gasteiger partial charge in [0.25, 0.3) is 0 Å². The van der Waals surface area contributed by atoms with Crippen LogP contribution in [0.4, 0.5) is 0 Å². The lowest BCUT2D eigenvalue weighted by atomic mass is 10.0. The van der Waals surface area contributed by atoms with Crippen LogP contribution in [0, 0.1) is 5.92 Å². The van der Waals surface area contributed by atoms with E-state index in [2.05, 4.69) is 25.1 Å². The summed E-state index contributed by atoms with van der Waals surface area (Å²) >= 11 is 0. The Morgan fingerprint density at radius 3 is 1.90 bits per heavy atom. The molecule has 6 nitrogen and oxygen atoms in total. The molecule has 3 N–H and O–H groups in total. The molecule has 0 spiro atoms. The topological polar surface area (TPSA) is 104 Å². The van der Waals surface area contributed by atoms with Crippen LogP contribution >= 0.6 is 0 Å². The highest BCUT2D eigenvalue weighted by atomic mass is 16.4. The molecule has 1 heterocycles. The fourth-order valence-corrected chi connectivity index (χ4v) is 1.19. The standard InChI is InChI=1S/C8H13NO.2C3H4O2/c1-2-7-5-3-4-6-9-8(7)10;2*1-2-3(4)5/h2,7H,1,3-6H2,(H,9,10);2*2H,1H2,(H,4,5). The number of hydrogen-bond donors (Lipinski definition) is 3. The Balaban J connectivity index is 0. The fourth-order valence-electron chi connectivity index (χ4n) is 1.19. The maximum atomic E-state index is 11.1. The highest BCUT2D eigenvalue weighted by Gasteiger charge is 2.16. The second-order valence-corrected chi connectivity index (χ2v) is 3.71. The van der Waals surface area contributed by atoms with Gasteiger partial charge in [0.1, 0.15) is 0 Å². The number of carboxylic acid groups (broad SMARTS) is 2. The van der Waals surface area contributed by atoms with E-state index in [1.165, 1.54) is 0 Å². The van der Waals surface area contributed by atoms with Crippen molar-refractivity contribution in [2.75, 3.05) is 6.54 Å². The minimum Gasteiger partial charge on any atom is -0.478 e. The third-order valence-corrected chi connectivity index (χ3v) is 2.21. The van der Waals surface area contributed by atoms with E-state index in [0.29, 0.717) is 0 Å². The van der Waals surface area contributed by atoms with Gasteiger partial charge in [0.2, 0.25) is 5.91 Å². The average Bonchev–Trinajstić information content (AvgIpc) is 2.64. The number of aliphatic carboxylic acids is 2. The van der Waals surface area contributed by atoms with Gasteiger partial charge in [-0.25, -0.2) is 9.59 Å². The summed E-state index contributed by atoms with van der Waals surface area (Å²) in [5, 5.41) is 18.0. The summed E-state index contributed by atoms with van der Waals surface area (Å²) in [4.78, 5) is 29.6. The minimum atomic E-state index is -0.981. The van der Waals surface area contributed by atoms with Crippen molar-refractivity contribution in [1.82, 2.24) is 5.32 Å². The summed E-state index contributed by atoms with van der Waals surface area (Å²) < 4.78 is 0. The van der Waals surface area contributed by atoms with Crippen molar-refractivity contribution in [3.63, 3.8) is 0 Å². The highest BCUT2D eigenvalue weighted by molar-refractivity contribution is 5.80. The summed E-state index contributed by atoms with van der Waals surface area (Å²) in [6, 6.07) is 0. The molecular formula is C14H21NO5. The molecule has 0 radical (unpaired) electrons. The number of amides is 1. The van der Waals surface area contributed by atoms with E-state index >= 15 is 0 Å². The molecule has 1 fully saturated rings. The summed E-state index contributed by atoms with van der Waals surface area (Å²) in [7, 11) is 0. The molecule has 0 aromatic heterocycles. The van der Waals surface area contributed by atoms with Gasteiger partial charge < -0.3 is 15.5 Å². The van der Waals surface area contributed by atoms with E-state index in [1.54, 1.807) is 6.08 Å². The number of rotatable bonds is 3. The molecule has 0 aromatic rings. The maximum Gasteiger partial charge on any atom is 0.327 e. The zero-order chi connectivity index (χ0) is 16.0. The van der Waals surface area contributed by atoms with Crippen LogP contribution in [-0.2, 0) is 14.4 Å². The van der Waals surface area contributed by atoms with Gasteiger partial charge in [0, 0.05) is 18.7 Å². The Bertz CT molecular complexity index is 345. The van der Waals surface area contributed by atoms with E-state index < -0.39 is 11.9 Å². The second kappa shape index (κ2) is 13.1. The van der Waals surface area contributed by atoms with Gasteiger partial charge in [-0.15, -0.1) is 6.58 Å². The first-order valence-electron chi connectivity index (χ1n) is 6.00. The van der Waals surface area contributed by atoms with Gasteiger partial charge in [-0.1, -0.05) is 25.7 Å². The third-order valence-electron chi connectivity index (χ3n) is 2.21. The molecule has 6 heteroatoms. The summed E-state index contributed by atoms with van der Waals surface area (Å²) in [6.45, 7) is 10.4. The molecule has 1 rings (SSSR count). The number of carbonyl (C=O) groups excluding carboxylic acids is 1. The molecule has 1 atom stereocenters. The van der Waals surface area contributed by atoms with E-state index in [4.69, 9.17) is 10.2 Å². The predicted molar refractivity (Wildman–Crippen MR) is 76.2 cm³/mol. The quantitative estimate of drug-likeness (QED) is 0.539. The average molecular weight is 283 g/mol. The normalized spacial score (nSPS) is 16.6. The summed E-state index contributed by atoms with van der Waals surface area (Å²) in [5.74, 6) is -1.76.